The fraction of sp³-hybridized carbons (Fsp3) is 0.278. The summed E-state index contributed by atoms with van der Waals surface area (Å²) in [5.41, 5.74) is 1.32. The molecule has 22 heavy (non-hydrogen) atoms. The van der Waals surface area contributed by atoms with Gasteiger partial charge >= 0.3 is 0 Å². The number of ether oxygens (including phenoxy) is 1. The molecule has 0 radical (unpaired) electrons. The maximum atomic E-state index is 12.2. The number of aliphatic hydroxyl groups is 1. The van der Waals surface area contributed by atoms with Gasteiger partial charge in [-0.1, -0.05) is 30.3 Å². The monoisotopic (exact) mass is 299 g/mol. The Kier molecular flexibility index (Phi) is 6.13. The van der Waals surface area contributed by atoms with Crippen LogP contribution < -0.4 is 10.1 Å². The first kappa shape index (κ1) is 16.2. The van der Waals surface area contributed by atoms with Crippen molar-refractivity contribution < 1.29 is 14.6 Å². The normalized spacial score (nSPS) is 11.9. The van der Waals surface area contributed by atoms with E-state index in [0.717, 1.165) is 5.75 Å². The van der Waals surface area contributed by atoms with E-state index in [1.54, 1.807) is 43.3 Å². The van der Waals surface area contributed by atoms with Gasteiger partial charge in [0.15, 0.2) is 5.78 Å². The van der Waals surface area contributed by atoms with Gasteiger partial charge in [-0.25, -0.2) is 0 Å². The van der Waals surface area contributed by atoms with E-state index < -0.39 is 0 Å². The lowest BCUT2D eigenvalue weighted by Gasteiger charge is -2.09. The molecule has 1 unspecified atom stereocenters. The number of carbonyl (C=O) groups excluding carboxylic acids is 1. The van der Waals surface area contributed by atoms with Crippen molar-refractivity contribution in [2.24, 2.45) is 0 Å². The first-order chi connectivity index (χ1) is 10.7. The molecule has 0 bridgehead atoms. The first-order valence-electron chi connectivity index (χ1n) is 7.38. The third-order valence-electron chi connectivity index (χ3n) is 3.14. The van der Waals surface area contributed by atoms with E-state index in [2.05, 4.69) is 5.32 Å². The summed E-state index contributed by atoms with van der Waals surface area (Å²) in [7, 11) is 0. The van der Waals surface area contributed by atoms with Gasteiger partial charge in [0.25, 0.3) is 0 Å². The molecule has 0 fully saturated rings. The second-order valence-electron chi connectivity index (χ2n) is 5.12. The lowest BCUT2D eigenvalue weighted by Crippen LogP contribution is -2.28. The number of aliphatic hydroxyl groups excluding tert-OH is 1. The van der Waals surface area contributed by atoms with Crippen LogP contribution in [0.4, 0.5) is 0 Å². The Balaban J connectivity index is 1.84. The summed E-state index contributed by atoms with van der Waals surface area (Å²) < 4.78 is 5.57. The van der Waals surface area contributed by atoms with Crippen molar-refractivity contribution in [3.63, 3.8) is 0 Å². The van der Waals surface area contributed by atoms with Crippen LogP contribution in [0.3, 0.4) is 0 Å². The molecule has 0 aromatic heterocycles. The van der Waals surface area contributed by atoms with Gasteiger partial charge < -0.3 is 15.2 Å². The van der Waals surface area contributed by atoms with Crippen molar-refractivity contribution in [2.45, 2.75) is 13.0 Å². The maximum Gasteiger partial charge on any atom is 0.193 e. The topological polar surface area (TPSA) is 58.6 Å². The highest BCUT2D eigenvalue weighted by atomic mass is 16.5. The van der Waals surface area contributed by atoms with Gasteiger partial charge in [-0.05, 0) is 31.2 Å². The molecule has 0 spiro atoms. The summed E-state index contributed by atoms with van der Waals surface area (Å²) in [6.07, 6.45) is -0.358. The number of ketones is 1. The predicted octanol–water partition coefficient (Wildman–Crippen LogP) is 2.27. The molecule has 2 aromatic rings. The molecule has 2 rings (SSSR count). The number of hydrogen-bond donors (Lipinski definition) is 2. The second-order valence-corrected chi connectivity index (χ2v) is 5.12. The average Bonchev–Trinajstić information content (AvgIpc) is 2.55. The Labute approximate surface area is 130 Å². The van der Waals surface area contributed by atoms with Crippen LogP contribution in [0.15, 0.2) is 54.6 Å². The van der Waals surface area contributed by atoms with Crippen LogP contribution in [-0.4, -0.2) is 36.7 Å². The molecule has 2 aromatic carbocycles. The third kappa shape index (κ3) is 4.98. The van der Waals surface area contributed by atoms with Gasteiger partial charge in [0.05, 0.1) is 6.10 Å². The summed E-state index contributed by atoms with van der Waals surface area (Å²) in [6.45, 7) is 3.46. The SMILES string of the molecule is CC(O)CNCCOc1ccc(C(=O)c2ccccc2)cc1. The Hall–Kier alpha value is -2.17. The molecule has 0 aliphatic rings. The summed E-state index contributed by atoms with van der Waals surface area (Å²) in [5.74, 6) is 0.731. The Bertz CT molecular complexity index is 579. The van der Waals surface area contributed by atoms with Crippen molar-refractivity contribution in [1.29, 1.82) is 0 Å². The molecular formula is C18H21NO3. The molecular weight excluding hydrogens is 278 g/mol. The standard InChI is InChI=1S/C18H21NO3/c1-14(20)13-19-11-12-22-17-9-7-16(8-10-17)18(21)15-5-3-2-4-6-15/h2-10,14,19-20H,11-13H2,1H3. The van der Waals surface area contributed by atoms with Crippen LogP contribution in [-0.2, 0) is 0 Å². The number of carbonyl (C=O) groups is 1. The van der Waals surface area contributed by atoms with Gasteiger partial charge in [0.1, 0.15) is 12.4 Å². The van der Waals surface area contributed by atoms with Crippen molar-refractivity contribution in [3.8, 4) is 5.75 Å². The molecule has 0 saturated heterocycles. The zero-order valence-corrected chi connectivity index (χ0v) is 12.7. The number of hydrogen-bond acceptors (Lipinski definition) is 4. The fourth-order valence-corrected chi connectivity index (χ4v) is 2.01. The fourth-order valence-electron chi connectivity index (χ4n) is 2.01. The minimum absolute atomic E-state index is 0.00532. The maximum absolute atomic E-state index is 12.2. The molecule has 2 N–H and O–H groups in total. The van der Waals surface area contributed by atoms with Crippen LogP contribution >= 0.6 is 0 Å². The van der Waals surface area contributed by atoms with E-state index in [0.29, 0.717) is 30.8 Å². The highest BCUT2D eigenvalue weighted by Crippen LogP contribution is 2.15. The van der Waals surface area contributed by atoms with E-state index in [1.807, 2.05) is 18.2 Å². The minimum atomic E-state index is -0.358. The van der Waals surface area contributed by atoms with E-state index >= 15 is 0 Å². The zero-order valence-electron chi connectivity index (χ0n) is 12.7. The summed E-state index contributed by atoms with van der Waals surface area (Å²) in [4.78, 5) is 12.2. The molecule has 1 atom stereocenters. The van der Waals surface area contributed by atoms with E-state index in [9.17, 15) is 4.79 Å². The molecule has 116 valence electrons. The van der Waals surface area contributed by atoms with Crippen molar-refractivity contribution in [2.75, 3.05) is 19.7 Å². The highest BCUT2D eigenvalue weighted by Gasteiger charge is 2.08. The van der Waals surface area contributed by atoms with E-state index in [-0.39, 0.29) is 11.9 Å². The molecule has 4 nitrogen and oxygen atoms in total. The lowest BCUT2D eigenvalue weighted by molar-refractivity contribution is 0.103. The highest BCUT2D eigenvalue weighted by molar-refractivity contribution is 6.08. The molecule has 0 aliphatic heterocycles. The van der Waals surface area contributed by atoms with Crippen LogP contribution in [0, 0.1) is 0 Å². The largest absolute Gasteiger partial charge is 0.492 e. The van der Waals surface area contributed by atoms with Crippen molar-refractivity contribution in [3.05, 3.63) is 65.7 Å². The summed E-state index contributed by atoms with van der Waals surface area (Å²) in [6, 6.07) is 16.3. The zero-order chi connectivity index (χ0) is 15.8. The molecule has 0 aliphatic carbocycles. The van der Waals surface area contributed by atoms with Gasteiger partial charge in [-0.15, -0.1) is 0 Å². The Morgan fingerprint density at radius 3 is 2.36 bits per heavy atom. The molecule has 4 heteroatoms. The van der Waals surface area contributed by atoms with Gasteiger partial charge in [-0.2, -0.15) is 0 Å². The van der Waals surface area contributed by atoms with Crippen LogP contribution in [0.2, 0.25) is 0 Å². The third-order valence-corrected chi connectivity index (χ3v) is 3.14. The average molecular weight is 299 g/mol. The molecule has 0 saturated carbocycles. The van der Waals surface area contributed by atoms with Crippen LogP contribution in [0.5, 0.6) is 5.75 Å². The predicted molar refractivity (Wildman–Crippen MR) is 86.4 cm³/mol. The van der Waals surface area contributed by atoms with Gasteiger partial charge in [-0.3, -0.25) is 4.79 Å². The Morgan fingerprint density at radius 1 is 1.09 bits per heavy atom. The quantitative estimate of drug-likeness (QED) is 0.580. The minimum Gasteiger partial charge on any atom is -0.492 e. The Morgan fingerprint density at radius 2 is 1.73 bits per heavy atom. The first-order valence-corrected chi connectivity index (χ1v) is 7.38. The number of benzene rings is 2. The molecule has 0 amide bonds. The molecule has 0 heterocycles. The van der Waals surface area contributed by atoms with E-state index in [4.69, 9.17) is 9.84 Å². The van der Waals surface area contributed by atoms with Gasteiger partial charge in [0.2, 0.25) is 0 Å². The van der Waals surface area contributed by atoms with Crippen LogP contribution in [0.25, 0.3) is 0 Å². The number of rotatable bonds is 8. The van der Waals surface area contributed by atoms with Crippen molar-refractivity contribution >= 4 is 5.78 Å². The smallest absolute Gasteiger partial charge is 0.193 e. The summed E-state index contributed by atoms with van der Waals surface area (Å²) in [5, 5.41) is 12.2. The van der Waals surface area contributed by atoms with Crippen LogP contribution in [0.1, 0.15) is 22.8 Å². The summed E-state index contributed by atoms with van der Waals surface area (Å²) >= 11 is 0. The second kappa shape index (κ2) is 8.32. The van der Waals surface area contributed by atoms with E-state index in [1.165, 1.54) is 0 Å². The van der Waals surface area contributed by atoms with Crippen molar-refractivity contribution in [1.82, 2.24) is 5.32 Å². The number of nitrogens with one attached hydrogen (secondary N) is 1. The van der Waals surface area contributed by atoms with Gasteiger partial charge in [0, 0.05) is 24.2 Å². The lowest BCUT2D eigenvalue weighted by atomic mass is 10.0.